The highest BCUT2D eigenvalue weighted by molar-refractivity contribution is 9.09. The summed E-state index contributed by atoms with van der Waals surface area (Å²) in [6.45, 7) is 2.09. The lowest BCUT2D eigenvalue weighted by atomic mass is 10.1. The average molecular weight is 287 g/mol. The van der Waals surface area contributed by atoms with Crippen LogP contribution in [0.2, 0.25) is 0 Å². The van der Waals surface area contributed by atoms with E-state index >= 15 is 0 Å². The first kappa shape index (κ1) is 12.9. The highest BCUT2D eigenvalue weighted by atomic mass is 79.9. The number of carbonyl (C=O) groups is 1. The van der Waals surface area contributed by atoms with Crippen LogP contribution in [0.5, 0.6) is 0 Å². The van der Waals surface area contributed by atoms with Gasteiger partial charge in [0.05, 0.1) is 6.61 Å². The zero-order valence-corrected chi connectivity index (χ0v) is 10.5. The normalized spacial score (nSPS) is 11.3. The third-order valence-electron chi connectivity index (χ3n) is 1.94. The van der Waals surface area contributed by atoms with E-state index in [-0.39, 0.29) is 11.8 Å². The third kappa shape index (κ3) is 3.77. The average Bonchev–Trinajstić information content (AvgIpc) is 2.27. The predicted octanol–water partition coefficient (Wildman–Crippen LogP) is 3.17. The van der Waals surface area contributed by atoms with Crippen molar-refractivity contribution < 1.29 is 13.9 Å². The van der Waals surface area contributed by atoms with Crippen LogP contribution in [0.4, 0.5) is 4.39 Å². The monoisotopic (exact) mass is 286 g/mol. The molecule has 0 atom stereocenters. The molecule has 1 rings (SSSR count). The molecule has 0 unspecified atom stereocenters. The first-order chi connectivity index (χ1) is 7.67. The summed E-state index contributed by atoms with van der Waals surface area (Å²) in [6, 6.07) is 5.97. The van der Waals surface area contributed by atoms with E-state index < -0.39 is 0 Å². The van der Waals surface area contributed by atoms with Gasteiger partial charge in [-0.05, 0) is 30.2 Å². The van der Waals surface area contributed by atoms with Crippen LogP contribution in [0, 0.1) is 5.82 Å². The van der Waals surface area contributed by atoms with E-state index in [0.717, 1.165) is 11.1 Å². The van der Waals surface area contributed by atoms with Crippen molar-refractivity contribution in [3.8, 4) is 0 Å². The van der Waals surface area contributed by atoms with Crippen molar-refractivity contribution in [2.45, 2.75) is 6.92 Å². The quantitative estimate of drug-likeness (QED) is 0.483. The summed E-state index contributed by atoms with van der Waals surface area (Å²) in [6.07, 6.45) is 1.41. The number of hydrogen-bond acceptors (Lipinski definition) is 2. The minimum absolute atomic E-state index is 0.297. The predicted molar refractivity (Wildman–Crippen MR) is 64.8 cm³/mol. The number of rotatable bonds is 4. The Bertz CT molecular complexity index is 385. The Labute approximate surface area is 102 Å². The molecule has 1 aromatic carbocycles. The Morgan fingerprint density at radius 1 is 1.44 bits per heavy atom. The van der Waals surface area contributed by atoms with Crippen molar-refractivity contribution in [1.29, 1.82) is 0 Å². The number of hydrogen-bond donors (Lipinski definition) is 0. The molecule has 0 heterocycles. The third-order valence-corrected chi connectivity index (χ3v) is 2.54. The van der Waals surface area contributed by atoms with Crippen LogP contribution in [0.1, 0.15) is 12.5 Å². The second-order valence-corrected chi connectivity index (χ2v) is 3.62. The molecule has 0 radical (unpaired) electrons. The Kier molecular flexibility index (Phi) is 5.19. The maximum Gasteiger partial charge on any atom is 0.331 e. The van der Waals surface area contributed by atoms with E-state index in [2.05, 4.69) is 15.9 Å². The summed E-state index contributed by atoms with van der Waals surface area (Å²) in [7, 11) is 0. The van der Waals surface area contributed by atoms with Gasteiger partial charge in [-0.1, -0.05) is 28.1 Å². The van der Waals surface area contributed by atoms with Gasteiger partial charge in [0, 0.05) is 11.4 Å². The van der Waals surface area contributed by atoms with E-state index in [1.807, 2.05) is 0 Å². The molecule has 0 aliphatic carbocycles. The number of benzene rings is 1. The number of ether oxygens (including phenoxy) is 1. The van der Waals surface area contributed by atoms with E-state index in [4.69, 9.17) is 4.74 Å². The summed E-state index contributed by atoms with van der Waals surface area (Å²) in [4.78, 5) is 11.3. The van der Waals surface area contributed by atoms with Crippen LogP contribution >= 0.6 is 15.9 Å². The van der Waals surface area contributed by atoms with Crippen LogP contribution in [-0.4, -0.2) is 17.9 Å². The maximum absolute atomic E-state index is 12.7. The van der Waals surface area contributed by atoms with Crippen molar-refractivity contribution in [1.82, 2.24) is 0 Å². The van der Waals surface area contributed by atoms with Gasteiger partial charge in [-0.3, -0.25) is 0 Å². The SMILES string of the molecule is CCOC(=O)/C=C(\CBr)c1ccc(F)cc1. The van der Waals surface area contributed by atoms with Crippen LogP contribution < -0.4 is 0 Å². The minimum Gasteiger partial charge on any atom is -0.463 e. The van der Waals surface area contributed by atoms with Crippen molar-refractivity contribution in [2.75, 3.05) is 11.9 Å². The van der Waals surface area contributed by atoms with Gasteiger partial charge in [-0.25, -0.2) is 9.18 Å². The summed E-state index contributed by atoms with van der Waals surface area (Å²) in [5.41, 5.74) is 1.56. The number of halogens is 2. The number of allylic oxidation sites excluding steroid dienone is 1. The smallest absolute Gasteiger partial charge is 0.331 e. The van der Waals surface area contributed by atoms with Crippen molar-refractivity contribution in [3.05, 3.63) is 41.7 Å². The van der Waals surface area contributed by atoms with Crippen molar-refractivity contribution >= 4 is 27.5 Å². The first-order valence-corrected chi connectivity index (χ1v) is 5.98. The standard InChI is InChI=1S/C12H12BrFO2/c1-2-16-12(15)7-10(8-13)9-3-5-11(14)6-4-9/h3-7H,2,8H2,1H3/b10-7+. The molecule has 1 aromatic rings. The van der Waals surface area contributed by atoms with Gasteiger partial charge in [0.25, 0.3) is 0 Å². The molecule has 0 aliphatic heterocycles. The van der Waals surface area contributed by atoms with Gasteiger partial charge >= 0.3 is 5.97 Å². The second-order valence-electron chi connectivity index (χ2n) is 3.06. The molecule has 0 spiro atoms. The molecular weight excluding hydrogens is 275 g/mol. The van der Waals surface area contributed by atoms with Crippen LogP contribution in [-0.2, 0) is 9.53 Å². The number of carbonyl (C=O) groups excluding carboxylic acids is 1. The van der Waals surface area contributed by atoms with Crippen LogP contribution in [0.25, 0.3) is 5.57 Å². The van der Waals surface area contributed by atoms with E-state index in [9.17, 15) is 9.18 Å². The Morgan fingerprint density at radius 2 is 2.06 bits per heavy atom. The molecule has 0 saturated heterocycles. The summed E-state index contributed by atoms with van der Waals surface area (Å²) in [5.74, 6) is -0.685. The molecule has 0 bridgehead atoms. The minimum atomic E-state index is -0.388. The molecule has 4 heteroatoms. The van der Waals surface area contributed by atoms with Gasteiger partial charge < -0.3 is 4.74 Å². The maximum atomic E-state index is 12.7. The highest BCUT2D eigenvalue weighted by Crippen LogP contribution is 2.17. The van der Waals surface area contributed by atoms with E-state index in [0.29, 0.717) is 11.9 Å². The summed E-state index contributed by atoms with van der Waals surface area (Å²) in [5, 5.41) is 0.511. The van der Waals surface area contributed by atoms with Crippen molar-refractivity contribution in [3.63, 3.8) is 0 Å². The lowest BCUT2D eigenvalue weighted by molar-refractivity contribution is -0.137. The Balaban J connectivity index is 2.89. The van der Waals surface area contributed by atoms with Crippen molar-refractivity contribution in [2.24, 2.45) is 0 Å². The zero-order valence-electron chi connectivity index (χ0n) is 8.87. The number of esters is 1. The molecule has 0 N–H and O–H groups in total. The second kappa shape index (κ2) is 6.43. The van der Waals surface area contributed by atoms with E-state index in [1.54, 1.807) is 19.1 Å². The molecule has 0 fully saturated rings. The molecule has 16 heavy (non-hydrogen) atoms. The summed E-state index contributed by atoms with van der Waals surface area (Å²) >= 11 is 3.28. The fraction of sp³-hybridized carbons (Fsp3) is 0.250. The summed E-state index contributed by atoms with van der Waals surface area (Å²) < 4.78 is 17.5. The fourth-order valence-corrected chi connectivity index (χ4v) is 1.67. The first-order valence-electron chi connectivity index (χ1n) is 4.86. The fourth-order valence-electron chi connectivity index (χ4n) is 1.19. The molecule has 86 valence electrons. The Hall–Kier alpha value is -1.16. The highest BCUT2D eigenvalue weighted by Gasteiger charge is 2.04. The van der Waals surface area contributed by atoms with Gasteiger partial charge in [0.2, 0.25) is 0 Å². The largest absolute Gasteiger partial charge is 0.463 e. The molecule has 2 nitrogen and oxygen atoms in total. The molecule has 0 saturated carbocycles. The zero-order chi connectivity index (χ0) is 12.0. The lowest BCUT2D eigenvalue weighted by Gasteiger charge is -2.04. The topological polar surface area (TPSA) is 26.3 Å². The molecule has 0 aliphatic rings. The Morgan fingerprint density at radius 3 is 2.56 bits per heavy atom. The van der Waals surface area contributed by atoms with Gasteiger partial charge in [0.15, 0.2) is 0 Å². The van der Waals surface area contributed by atoms with Gasteiger partial charge in [-0.2, -0.15) is 0 Å². The van der Waals surface area contributed by atoms with E-state index in [1.165, 1.54) is 18.2 Å². The number of alkyl halides is 1. The lowest BCUT2D eigenvalue weighted by Crippen LogP contribution is -2.01. The molecule has 0 aromatic heterocycles. The molecule has 0 amide bonds. The van der Waals surface area contributed by atoms with Crippen LogP contribution in [0.15, 0.2) is 30.3 Å². The van der Waals surface area contributed by atoms with Gasteiger partial charge in [0.1, 0.15) is 5.82 Å². The molecular formula is C12H12BrFO2. The van der Waals surface area contributed by atoms with Gasteiger partial charge in [-0.15, -0.1) is 0 Å². The van der Waals surface area contributed by atoms with Crippen LogP contribution in [0.3, 0.4) is 0 Å².